The van der Waals surface area contributed by atoms with Crippen LogP contribution in [0.25, 0.3) is 4.96 Å². The number of fused-ring (bicyclic) bond motifs is 1. The van der Waals surface area contributed by atoms with Crippen molar-refractivity contribution in [2.45, 2.75) is 26.2 Å². The van der Waals surface area contributed by atoms with Crippen LogP contribution in [0, 0.1) is 0 Å². The summed E-state index contributed by atoms with van der Waals surface area (Å²) in [4.78, 5) is 5.65. The van der Waals surface area contributed by atoms with Crippen LogP contribution in [-0.2, 0) is 6.42 Å². The third-order valence-electron chi connectivity index (χ3n) is 2.36. The second-order valence-electron chi connectivity index (χ2n) is 3.68. The number of aromatic nitrogens is 2. The second-order valence-corrected chi connectivity index (χ2v) is 4.55. The third-order valence-corrected chi connectivity index (χ3v) is 3.13. The molecule has 4 heteroatoms. The quantitative estimate of drug-likeness (QED) is 0.762. The topological polar surface area (TPSA) is 29.3 Å². The van der Waals surface area contributed by atoms with Gasteiger partial charge in [0.1, 0.15) is 0 Å². The van der Waals surface area contributed by atoms with Crippen molar-refractivity contribution in [2.24, 2.45) is 0 Å². The van der Waals surface area contributed by atoms with E-state index in [0.717, 1.165) is 24.5 Å². The number of aryl methyl sites for hydroxylation is 1. The van der Waals surface area contributed by atoms with Crippen LogP contribution >= 0.6 is 11.3 Å². The van der Waals surface area contributed by atoms with Gasteiger partial charge in [-0.25, -0.2) is 4.98 Å². The molecule has 0 aliphatic heterocycles. The molecule has 0 atom stereocenters. The Morgan fingerprint density at radius 1 is 1.47 bits per heavy atom. The smallest absolute Gasteiger partial charge is 0.193 e. The van der Waals surface area contributed by atoms with Gasteiger partial charge in [0.05, 0.1) is 5.69 Å². The maximum Gasteiger partial charge on any atom is 0.193 e. The Kier molecular flexibility index (Phi) is 3.75. The molecule has 0 fully saturated rings. The SMILES string of the molecule is CCCNCCCc1cn2ccsc2n1. The highest BCUT2D eigenvalue weighted by Crippen LogP contribution is 2.12. The number of hydrogen-bond acceptors (Lipinski definition) is 3. The summed E-state index contributed by atoms with van der Waals surface area (Å²) in [5.74, 6) is 0. The van der Waals surface area contributed by atoms with Gasteiger partial charge in [-0.15, -0.1) is 11.3 Å². The van der Waals surface area contributed by atoms with Gasteiger partial charge >= 0.3 is 0 Å². The van der Waals surface area contributed by atoms with E-state index in [1.165, 1.54) is 18.5 Å². The van der Waals surface area contributed by atoms with Gasteiger partial charge < -0.3 is 5.32 Å². The van der Waals surface area contributed by atoms with Crippen LogP contribution in [0.2, 0.25) is 0 Å². The molecule has 2 aromatic heterocycles. The van der Waals surface area contributed by atoms with Crippen LogP contribution in [-0.4, -0.2) is 22.5 Å². The molecule has 0 bridgehead atoms. The number of imidazole rings is 1. The van der Waals surface area contributed by atoms with E-state index in [1.54, 1.807) is 11.3 Å². The summed E-state index contributed by atoms with van der Waals surface area (Å²) in [7, 11) is 0. The standard InChI is InChI=1S/C11H17N3S/c1-2-5-12-6-3-4-10-9-14-7-8-15-11(14)13-10/h7-9,12H,2-6H2,1H3. The first-order chi connectivity index (χ1) is 7.40. The summed E-state index contributed by atoms with van der Waals surface area (Å²) >= 11 is 1.69. The maximum absolute atomic E-state index is 4.54. The highest BCUT2D eigenvalue weighted by Gasteiger charge is 2.01. The van der Waals surface area contributed by atoms with Crippen molar-refractivity contribution in [3.8, 4) is 0 Å². The lowest BCUT2D eigenvalue weighted by atomic mass is 10.2. The van der Waals surface area contributed by atoms with Crippen molar-refractivity contribution in [1.29, 1.82) is 0 Å². The average Bonchev–Trinajstić information content (AvgIpc) is 2.77. The Hall–Kier alpha value is -0.870. The normalized spacial score (nSPS) is 11.3. The van der Waals surface area contributed by atoms with E-state index in [9.17, 15) is 0 Å². The molecule has 2 aromatic rings. The molecule has 0 spiro atoms. The summed E-state index contributed by atoms with van der Waals surface area (Å²) in [6.45, 7) is 4.41. The summed E-state index contributed by atoms with van der Waals surface area (Å²) < 4.78 is 2.10. The Morgan fingerprint density at radius 2 is 2.40 bits per heavy atom. The molecule has 82 valence electrons. The van der Waals surface area contributed by atoms with Gasteiger partial charge in [-0.05, 0) is 32.4 Å². The Balaban J connectivity index is 1.77. The van der Waals surface area contributed by atoms with Crippen molar-refractivity contribution < 1.29 is 0 Å². The van der Waals surface area contributed by atoms with E-state index >= 15 is 0 Å². The third kappa shape index (κ3) is 2.79. The molecule has 0 saturated heterocycles. The molecule has 0 unspecified atom stereocenters. The zero-order valence-electron chi connectivity index (χ0n) is 9.07. The molecular weight excluding hydrogens is 206 g/mol. The zero-order chi connectivity index (χ0) is 10.5. The average molecular weight is 223 g/mol. The van der Waals surface area contributed by atoms with E-state index in [2.05, 4.69) is 39.4 Å². The lowest BCUT2D eigenvalue weighted by Crippen LogP contribution is -2.16. The zero-order valence-corrected chi connectivity index (χ0v) is 9.89. The van der Waals surface area contributed by atoms with Gasteiger partial charge in [-0.1, -0.05) is 6.92 Å². The second kappa shape index (κ2) is 5.28. The van der Waals surface area contributed by atoms with Crippen molar-refractivity contribution in [3.63, 3.8) is 0 Å². The molecule has 0 amide bonds. The summed E-state index contributed by atoms with van der Waals surface area (Å²) in [5.41, 5.74) is 1.21. The van der Waals surface area contributed by atoms with Gasteiger partial charge in [0.2, 0.25) is 0 Å². The predicted octanol–water partition coefficient (Wildman–Crippen LogP) is 2.33. The fourth-order valence-electron chi connectivity index (χ4n) is 1.59. The van der Waals surface area contributed by atoms with Crippen molar-refractivity contribution in [3.05, 3.63) is 23.5 Å². The molecule has 0 radical (unpaired) electrons. The highest BCUT2D eigenvalue weighted by atomic mass is 32.1. The molecule has 0 aliphatic rings. The van der Waals surface area contributed by atoms with Crippen LogP contribution in [0.15, 0.2) is 17.8 Å². The van der Waals surface area contributed by atoms with E-state index in [1.807, 2.05) is 0 Å². The van der Waals surface area contributed by atoms with Crippen molar-refractivity contribution >= 4 is 16.3 Å². The monoisotopic (exact) mass is 223 g/mol. The van der Waals surface area contributed by atoms with Gasteiger partial charge in [0.25, 0.3) is 0 Å². The van der Waals surface area contributed by atoms with Crippen LogP contribution in [0.4, 0.5) is 0 Å². The van der Waals surface area contributed by atoms with Gasteiger partial charge in [0, 0.05) is 17.8 Å². The van der Waals surface area contributed by atoms with Crippen molar-refractivity contribution in [2.75, 3.05) is 13.1 Å². The summed E-state index contributed by atoms with van der Waals surface area (Å²) in [6.07, 6.45) is 7.65. The molecule has 0 aromatic carbocycles. The van der Waals surface area contributed by atoms with Gasteiger partial charge in [0.15, 0.2) is 4.96 Å². The van der Waals surface area contributed by atoms with E-state index in [-0.39, 0.29) is 0 Å². The van der Waals surface area contributed by atoms with Gasteiger partial charge in [-0.3, -0.25) is 4.40 Å². The first kappa shape index (κ1) is 10.6. The summed E-state index contributed by atoms with van der Waals surface area (Å²) in [6, 6.07) is 0. The number of nitrogens with one attached hydrogen (secondary N) is 1. The Labute approximate surface area is 94.1 Å². The van der Waals surface area contributed by atoms with E-state index in [4.69, 9.17) is 0 Å². The van der Waals surface area contributed by atoms with E-state index in [0.29, 0.717) is 0 Å². The molecular formula is C11H17N3S. The number of nitrogens with zero attached hydrogens (tertiary/aromatic N) is 2. The summed E-state index contributed by atoms with van der Waals surface area (Å²) in [5, 5.41) is 5.47. The van der Waals surface area contributed by atoms with Crippen LogP contribution in [0.1, 0.15) is 25.5 Å². The minimum absolute atomic E-state index is 1.07. The molecule has 3 nitrogen and oxygen atoms in total. The Bertz CT molecular complexity index is 376. The van der Waals surface area contributed by atoms with E-state index < -0.39 is 0 Å². The number of rotatable bonds is 6. The molecule has 15 heavy (non-hydrogen) atoms. The fraction of sp³-hybridized carbons (Fsp3) is 0.545. The van der Waals surface area contributed by atoms with Crippen molar-refractivity contribution in [1.82, 2.24) is 14.7 Å². The lowest BCUT2D eigenvalue weighted by molar-refractivity contribution is 0.637. The molecule has 1 N–H and O–H groups in total. The lowest BCUT2D eigenvalue weighted by Gasteiger charge is -2.00. The molecule has 2 rings (SSSR count). The first-order valence-electron chi connectivity index (χ1n) is 5.52. The van der Waals surface area contributed by atoms with Crippen LogP contribution in [0.5, 0.6) is 0 Å². The predicted molar refractivity (Wildman–Crippen MR) is 64.6 cm³/mol. The molecule has 0 aliphatic carbocycles. The minimum Gasteiger partial charge on any atom is -0.317 e. The Morgan fingerprint density at radius 3 is 3.20 bits per heavy atom. The molecule has 2 heterocycles. The largest absolute Gasteiger partial charge is 0.317 e. The minimum atomic E-state index is 1.07. The first-order valence-corrected chi connectivity index (χ1v) is 6.40. The van der Waals surface area contributed by atoms with Crippen LogP contribution in [0.3, 0.4) is 0 Å². The number of thiazole rings is 1. The number of hydrogen-bond donors (Lipinski definition) is 1. The van der Waals surface area contributed by atoms with Gasteiger partial charge in [-0.2, -0.15) is 0 Å². The fourth-order valence-corrected chi connectivity index (χ4v) is 2.31. The molecule has 0 saturated carbocycles. The van der Waals surface area contributed by atoms with Crippen LogP contribution < -0.4 is 5.32 Å². The highest BCUT2D eigenvalue weighted by molar-refractivity contribution is 7.15. The maximum atomic E-state index is 4.54.